The molecule has 0 saturated heterocycles. The fraction of sp³-hybridized carbons (Fsp3) is 0.0714. The minimum atomic E-state index is -0.596. The molecule has 0 bridgehead atoms. The molecule has 104 valence electrons. The van der Waals surface area contributed by atoms with Gasteiger partial charge in [0.1, 0.15) is 17.3 Å². The lowest BCUT2D eigenvalue weighted by molar-refractivity contribution is 0.101. The first kappa shape index (κ1) is 15.3. The fourth-order valence-electron chi connectivity index (χ4n) is 1.50. The van der Waals surface area contributed by atoms with Crippen molar-refractivity contribution >= 4 is 44.9 Å². The van der Waals surface area contributed by atoms with Crippen molar-refractivity contribution < 1.29 is 13.9 Å². The fourth-order valence-corrected chi connectivity index (χ4v) is 2.44. The number of rotatable bonds is 3. The second-order valence-corrected chi connectivity index (χ2v) is 5.67. The molecule has 0 N–H and O–H groups in total. The smallest absolute Gasteiger partial charge is 0.159 e. The van der Waals surface area contributed by atoms with Gasteiger partial charge < -0.3 is 4.74 Å². The van der Waals surface area contributed by atoms with E-state index in [0.29, 0.717) is 15.8 Å². The van der Waals surface area contributed by atoms with Gasteiger partial charge in [-0.05, 0) is 47.1 Å². The van der Waals surface area contributed by atoms with E-state index in [1.165, 1.54) is 19.1 Å². The first-order valence-corrected chi connectivity index (χ1v) is 7.06. The molecule has 0 aliphatic rings. The number of carbonyl (C=O) groups is 1. The molecule has 0 saturated carbocycles. The molecule has 0 atom stereocenters. The van der Waals surface area contributed by atoms with E-state index in [1.54, 1.807) is 12.1 Å². The van der Waals surface area contributed by atoms with Crippen molar-refractivity contribution in [3.63, 3.8) is 0 Å². The number of carbonyl (C=O) groups excluding carboxylic acids is 1. The van der Waals surface area contributed by atoms with Gasteiger partial charge in [0.15, 0.2) is 5.78 Å². The van der Waals surface area contributed by atoms with Gasteiger partial charge in [-0.25, -0.2) is 4.39 Å². The van der Waals surface area contributed by atoms with Crippen LogP contribution in [-0.4, -0.2) is 5.78 Å². The van der Waals surface area contributed by atoms with E-state index in [4.69, 9.17) is 27.9 Å². The third-order valence-corrected chi connectivity index (χ3v) is 3.74. The van der Waals surface area contributed by atoms with E-state index in [1.807, 2.05) is 0 Å². The number of ether oxygens (including phenoxy) is 1. The highest BCUT2D eigenvalue weighted by molar-refractivity contribution is 9.10. The Kier molecular flexibility index (Phi) is 4.68. The Hall–Kier alpha value is -1.10. The highest BCUT2D eigenvalue weighted by Crippen LogP contribution is 2.36. The molecule has 0 unspecified atom stereocenters. The van der Waals surface area contributed by atoms with Crippen LogP contribution in [0.1, 0.15) is 17.3 Å². The summed E-state index contributed by atoms with van der Waals surface area (Å²) in [7, 11) is 0. The van der Waals surface area contributed by atoms with Crippen LogP contribution in [0.4, 0.5) is 4.39 Å². The average molecular weight is 378 g/mol. The average Bonchev–Trinajstić information content (AvgIpc) is 2.37. The first-order valence-electron chi connectivity index (χ1n) is 5.51. The summed E-state index contributed by atoms with van der Waals surface area (Å²) in [5, 5.41) is 0.252. The molecule has 0 amide bonds. The third-order valence-electron chi connectivity index (χ3n) is 2.53. The highest BCUT2D eigenvalue weighted by Gasteiger charge is 2.12. The van der Waals surface area contributed by atoms with Gasteiger partial charge >= 0.3 is 0 Å². The molecule has 0 heterocycles. The Bertz CT molecular complexity index is 689. The monoisotopic (exact) mass is 376 g/mol. The van der Waals surface area contributed by atoms with Crippen LogP contribution < -0.4 is 4.74 Å². The minimum absolute atomic E-state index is 0.0118. The maximum absolute atomic E-state index is 13.4. The van der Waals surface area contributed by atoms with Crippen LogP contribution in [0.5, 0.6) is 11.5 Å². The summed E-state index contributed by atoms with van der Waals surface area (Å²) in [6.45, 7) is 1.44. The Morgan fingerprint density at radius 2 is 1.85 bits per heavy atom. The summed E-state index contributed by atoms with van der Waals surface area (Å²) < 4.78 is 19.4. The van der Waals surface area contributed by atoms with E-state index >= 15 is 0 Å². The van der Waals surface area contributed by atoms with Gasteiger partial charge in [-0.2, -0.15) is 0 Å². The van der Waals surface area contributed by atoms with Gasteiger partial charge in [-0.3, -0.25) is 4.79 Å². The molecule has 20 heavy (non-hydrogen) atoms. The quantitative estimate of drug-likeness (QED) is 0.492. The Morgan fingerprint density at radius 1 is 1.15 bits per heavy atom. The zero-order chi connectivity index (χ0) is 14.9. The van der Waals surface area contributed by atoms with Gasteiger partial charge in [0.05, 0.1) is 14.5 Å². The lowest BCUT2D eigenvalue weighted by atomic mass is 10.1. The molecular formula is C14H8BrCl2FO2. The number of halogens is 4. The molecule has 0 fully saturated rings. The standard InChI is InChI=1S/C14H8BrCl2FO2/c1-7(19)8-2-3-13(11(17)4-8)20-14-6-12(18)10(16)5-9(14)15/h2-6H,1H3. The van der Waals surface area contributed by atoms with Crippen LogP contribution >= 0.6 is 39.1 Å². The maximum atomic E-state index is 13.4. The first-order chi connectivity index (χ1) is 9.38. The van der Waals surface area contributed by atoms with Crippen LogP contribution in [-0.2, 0) is 0 Å². The van der Waals surface area contributed by atoms with E-state index in [2.05, 4.69) is 15.9 Å². The van der Waals surface area contributed by atoms with E-state index in [0.717, 1.165) is 6.07 Å². The topological polar surface area (TPSA) is 26.3 Å². The van der Waals surface area contributed by atoms with Crippen LogP contribution in [0.2, 0.25) is 10.0 Å². The maximum Gasteiger partial charge on any atom is 0.159 e. The summed E-state index contributed by atoms with van der Waals surface area (Å²) in [4.78, 5) is 11.2. The van der Waals surface area contributed by atoms with Crippen LogP contribution in [0.25, 0.3) is 0 Å². The molecule has 2 nitrogen and oxygen atoms in total. The molecule has 0 radical (unpaired) electrons. The lowest BCUT2D eigenvalue weighted by Crippen LogP contribution is -1.93. The van der Waals surface area contributed by atoms with Crippen LogP contribution in [0, 0.1) is 5.82 Å². The Balaban J connectivity index is 2.35. The summed E-state index contributed by atoms with van der Waals surface area (Å²) in [6.07, 6.45) is 0. The second-order valence-electron chi connectivity index (χ2n) is 4.00. The van der Waals surface area contributed by atoms with Gasteiger partial charge in [0.2, 0.25) is 0 Å². The van der Waals surface area contributed by atoms with Crippen molar-refractivity contribution in [2.75, 3.05) is 0 Å². The number of Topliss-reactive ketones (excluding diaryl/α,β-unsaturated/α-hetero) is 1. The summed E-state index contributed by atoms with van der Waals surface area (Å²) >= 11 is 14.9. The predicted molar refractivity (Wildman–Crippen MR) is 80.6 cm³/mol. The zero-order valence-electron chi connectivity index (χ0n) is 10.2. The van der Waals surface area contributed by atoms with Crippen molar-refractivity contribution in [1.82, 2.24) is 0 Å². The third kappa shape index (κ3) is 3.32. The van der Waals surface area contributed by atoms with Gasteiger partial charge in [-0.1, -0.05) is 23.2 Å². The Morgan fingerprint density at radius 3 is 2.45 bits per heavy atom. The van der Waals surface area contributed by atoms with Crippen molar-refractivity contribution in [2.24, 2.45) is 0 Å². The van der Waals surface area contributed by atoms with Crippen molar-refractivity contribution in [2.45, 2.75) is 6.92 Å². The molecular weight excluding hydrogens is 370 g/mol. The molecule has 2 aromatic carbocycles. The van der Waals surface area contributed by atoms with Crippen LogP contribution in [0.15, 0.2) is 34.8 Å². The number of hydrogen-bond acceptors (Lipinski definition) is 2. The molecule has 2 rings (SSSR count). The normalized spacial score (nSPS) is 10.4. The van der Waals surface area contributed by atoms with E-state index in [9.17, 15) is 9.18 Å². The number of hydrogen-bond donors (Lipinski definition) is 0. The van der Waals surface area contributed by atoms with Gasteiger partial charge in [0, 0.05) is 11.6 Å². The summed E-state index contributed by atoms with van der Waals surface area (Å²) in [5.74, 6) is -0.137. The van der Waals surface area contributed by atoms with Crippen molar-refractivity contribution in [3.8, 4) is 11.5 Å². The van der Waals surface area contributed by atoms with E-state index < -0.39 is 5.82 Å². The molecule has 6 heteroatoms. The van der Waals surface area contributed by atoms with Crippen molar-refractivity contribution in [3.05, 3.63) is 56.2 Å². The lowest BCUT2D eigenvalue weighted by Gasteiger charge is -2.10. The molecule has 0 spiro atoms. The zero-order valence-corrected chi connectivity index (χ0v) is 13.3. The molecule has 0 aliphatic carbocycles. The van der Waals surface area contributed by atoms with Gasteiger partial charge in [-0.15, -0.1) is 0 Å². The highest BCUT2D eigenvalue weighted by atomic mass is 79.9. The number of benzene rings is 2. The summed E-state index contributed by atoms with van der Waals surface area (Å²) in [5.41, 5.74) is 0.476. The molecule has 2 aromatic rings. The van der Waals surface area contributed by atoms with E-state index in [-0.39, 0.29) is 21.6 Å². The SMILES string of the molecule is CC(=O)c1ccc(Oc2cc(F)c(Cl)cc2Br)c(Cl)c1. The van der Waals surface area contributed by atoms with Gasteiger partial charge in [0.25, 0.3) is 0 Å². The second kappa shape index (κ2) is 6.12. The van der Waals surface area contributed by atoms with Crippen molar-refractivity contribution in [1.29, 1.82) is 0 Å². The number of ketones is 1. The Labute approximate surface area is 133 Å². The minimum Gasteiger partial charge on any atom is -0.455 e. The largest absolute Gasteiger partial charge is 0.455 e. The predicted octanol–water partition coefficient (Wildman–Crippen LogP) is 5.89. The molecule has 0 aromatic heterocycles. The summed E-state index contributed by atoms with van der Waals surface area (Å²) in [6, 6.07) is 7.19. The van der Waals surface area contributed by atoms with Crippen LogP contribution in [0.3, 0.4) is 0 Å². The molecule has 0 aliphatic heterocycles.